The van der Waals surface area contributed by atoms with E-state index in [0.717, 1.165) is 11.3 Å². The second-order valence-electron chi connectivity index (χ2n) is 2.91. The molecule has 70 valence electrons. The molecule has 0 amide bonds. The average Bonchev–Trinajstić information content (AvgIpc) is 2.23. The Labute approximate surface area is 80.9 Å². The first-order valence-electron chi connectivity index (χ1n) is 4.21. The van der Waals surface area contributed by atoms with Gasteiger partial charge in [0.2, 0.25) is 0 Å². The lowest BCUT2D eigenvalue weighted by molar-refractivity contribution is 0.819. The van der Waals surface area contributed by atoms with Gasteiger partial charge in [-0.3, -0.25) is 9.55 Å². The third-order valence-corrected chi connectivity index (χ3v) is 2.04. The van der Waals surface area contributed by atoms with Gasteiger partial charge in [-0.25, -0.2) is 9.78 Å². The monoisotopic (exact) mass is 187 g/mol. The van der Waals surface area contributed by atoms with Crippen molar-refractivity contribution < 1.29 is 0 Å². The van der Waals surface area contributed by atoms with Crippen LogP contribution in [0.3, 0.4) is 0 Å². The molecule has 4 nitrogen and oxygen atoms in total. The maximum atomic E-state index is 11.2. The minimum atomic E-state index is -0.251. The summed E-state index contributed by atoms with van der Waals surface area (Å²) in [5, 5.41) is 0. The third kappa shape index (κ3) is 1.42. The molecule has 0 aliphatic carbocycles. The Morgan fingerprint density at radius 1 is 1.14 bits per heavy atom. The second kappa shape index (κ2) is 3.41. The summed E-state index contributed by atoms with van der Waals surface area (Å²) in [6.07, 6.45) is 4.90. The Bertz CT molecular complexity index is 490. The number of rotatable bonds is 1. The van der Waals surface area contributed by atoms with Crippen molar-refractivity contribution >= 4 is 0 Å². The summed E-state index contributed by atoms with van der Waals surface area (Å²) in [5.74, 6) is 0. The molecule has 14 heavy (non-hydrogen) atoms. The number of hydrogen-bond acceptors (Lipinski definition) is 3. The Balaban J connectivity index is 2.64. The highest BCUT2D eigenvalue weighted by Crippen LogP contribution is 2.14. The fourth-order valence-corrected chi connectivity index (χ4v) is 1.29. The van der Waals surface area contributed by atoms with E-state index in [0.29, 0.717) is 0 Å². The van der Waals surface area contributed by atoms with Crippen molar-refractivity contribution in [2.24, 2.45) is 7.05 Å². The molecule has 2 aromatic heterocycles. The van der Waals surface area contributed by atoms with E-state index >= 15 is 0 Å². The van der Waals surface area contributed by atoms with E-state index in [2.05, 4.69) is 9.97 Å². The molecular weight excluding hydrogens is 178 g/mol. The van der Waals surface area contributed by atoms with E-state index in [1.54, 1.807) is 25.5 Å². The van der Waals surface area contributed by atoms with Gasteiger partial charge in [0.05, 0.1) is 5.69 Å². The standard InChI is InChI=1S/C10H9N3O/c1-13-9(4-7-12-10(13)14)8-2-5-11-6-3-8/h2-7H,1H3. The highest BCUT2D eigenvalue weighted by atomic mass is 16.1. The first-order valence-corrected chi connectivity index (χ1v) is 4.21. The molecule has 2 heterocycles. The minimum Gasteiger partial charge on any atom is -0.295 e. The molecule has 0 aromatic carbocycles. The average molecular weight is 187 g/mol. The lowest BCUT2D eigenvalue weighted by atomic mass is 10.2. The zero-order chi connectivity index (χ0) is 9.97. The van der Waals surface area contributed by atoms with Crippen molar-refractivity contribution in [3.05, 3.63) is 47.3 Å². The van der Waals surface area contributed by atoms with Crippen LogP contribution in [0.5, 0.6) is 0 Å². The predicted octanol–water partition coefficient (Wildman–Crippen LogP) is 0.842. The van der Waals surface area contributed by atoms with Gasteiger partial charge in [0.25, 0.3) is 0 Å². The minimum absolute atomic E-state index is 0.251. The summed E-state index contributed by atoms with van der Waals surface area (Å²) in [6, 6.07) is 5.51. The maximum Gasteiger partial charge on any atom is 0.347 e. The first kappa shape index (κ1) is 8.62. The fourth-order valence-electron chi connectivity index (χ4n) is 1.29. The third-order valence-electron chi connectivity index (χ3n) is 2.04. The molecule has 0 saturated carbocycles. The van der Waals surface area contributed by atoms with Crippen LogP contribution in [0.25, 0.3) is 11.3 Å². The van der Waals surface area contributed by atoms with Crippen molar-refractivity contribution in [3.63, 3.8) is 0 Å². The van der Waals surface area contributed by atoms with Crippen molar-refractivity contribution in [1.82, 2.24) is 14.5 Å². The van der Waals surface area contributed by atoms with Gasteiger partial charge in [0.1, 0.15) is 0 Å². The summed E-state index contributed by atoms with van der Waals surface area (Å²) in [5.41, 5.74) is 1.55. The molecule has 0 spiro atoms. The van der Waals surface area contributed by atoms with E-state index in [-0.39, 0.29) is 5.69 Å². The molecular formula is C10H9N3O. The molecule has 0 N–H and O–H groups in total. The summed E-state index contributed by atoms with van der Waals surface area (Å²) >= 11 is 0. The van der Waals surface area contributed by atoms with Gasteiger partial charge in [0.15, 0.2) is 0 Å². The topological polar surface area (TPSA) is 47.8 Å². The number of pyridine rings is 1. The van der Waals surface area contributed by atoms with Crippen LogP contribution in [0.4, 0.5) is 0 Å². The predicted molar refractivity (Wildman–Crippen MR) is 52.7 cm³/mol. The quantitative estimate of drug-likeness (QED) is 0.664. The largest absolute Gasteiger partial charge is 0.347 e. The molecule has 0 unspecified atom stereocenters. The zero-order valence-electron chi connectivity index (χ0n) is 7.71. The number of hydrogen-bond donors (Lipinski definition) is 0. The lowest BCUT2D eigenvalue weighted by Crippen LogP contribution is -2.20. The van der Waals surface area contributed by atoms with Gasteiger partial charge < -0.3 is 0 Å². The molecule has 0 aliphatic rings. The van der Waals surface area contributed by atoms with Gasteiger partial charge in [-0.15, -0.1) is 0 Å². The van der Waals surface area contributed by atoms with Crippen molar-refractivity contribution in [3.8, 4) is 11.3 Å². The summed E-state index contributed by atoms with van der Waals surface area (Å²) in [6.45, 7) is 0. The van der Waals surface area contributed by atoms with Crippen LogP contribution >= 0.6 is 0 Å². The molecule has 0 bridgehead atoms. The molecule has 0 aliphatic heterocycles. The summed E-state index contributed by atoms with van der Waals surface area (Å²) in [7, 11) is 1.70. The molecule has 2 aromatic rings. The van der Waals surface area contributed by atoms with E-state index in [1.165, 1.54) is 10.8 Å². The number of aromatic nitrogens is 3. The Hall–Kier alpha value is -1.97. The van der Waals surface area contributed by atoms with E-state index in [4.69, 9.17) is 0 Å². The Morgan fingerprint density at radius 3 is 2.57 bits per heavy atom. The van der Waals surface area contributed by atoms with Crippen molar-refractivity contribution in [2.45, 2.75) is 0 Å². The zero-order valence-corrected chi connectivity index (χ0v) is 7.71. The highest BCUT2D eigenvalue weighted by Gasteiger charge is 2.01. The van der Waals surface area contributed by atoms with Gasteiger partial charge in [0, 0.05) is 31.2 Å². The van der Waals surface area contributed by atoms with Crippen LogP contribution < -0.4 is 5.69 Å². The van der Waals surface area contributed by atoms with Gasteiger partial charge >= 0.3 is 5.69 Å². The molecule has 0 radical (unpaired) electrons. The van der Waals surface area contributed by atoms with Crippen LogP contribution in [-0.2, 0) is 7.05 Å². The second-order valence-corrected chi connectivity index (χ2v) is 2.91. The number of nitrogens with zero attached hydrogens (tertiary/aromatic N) is 3. The SMILES string of the molecule is Cn1c(-c2ccncc2)ccnc1=O. The van der Waals surface area contributed by atoms with E-state index in [1.807, 2.05) is 12.1 Å². The van der Waals surface area contributed by atoms with Crippen LogP contribution in [-0.4, -0.2) is 14.5 Å². The Morgan fingerprint density at radius 2 is 1.86 bits per heavy atom. The van der Waals surface area contributed by atoms with Gasteiger partial charge in [-0.1, -0.05) is 0 Å². The van der Waals surface area contributed by atoms with Crippen molar-refractivity contribution in [2.75, 3.05) is 0 Å². The van der Waals surface area contributed by atoms with E-state index in [9.17, 15) is 4.79 Å². The summed E-state index contributed by atoms with van der Waals surface area (Å²) < 4.78 is 1.51. The lowest BCUT2D eigenvalue weighted by Gasteiger charge is -2.05. The van der Waals surface area contributed by atoms with E-state index < -0.39 is 0 Å². The smallest absolute Gasteiger partial charge is 0.295 e. The molecule has 0 saturated heterocycles. The highest BCUT2D eigenvalue weighted by molar-refractivity contribution is 5.57. The first-order chi connectivity index (χ1) is 6.79. The fraction of sp³-hybridized carbons (Fsp3) is 0.100. The van der Waals surface area contributed by atoms with Gasteiger partial charge in [-0.05, 0) is 18.2 Å². The normalized spacial score (nSPS) is 10.1. The maximum absolute atomic E-state index is 11.2. The van der Waals surface area contributed by atoms with Crippen LogP contribution in [0.15, 0.2) is 41.6 Å². The van der Waals surface area contributed by atoms with Gasteiger partial charge in [-0.2, -0.15) is 0 Å². The van der Waals surface area contributed by atoms with Crippen LogP contribution in [0.1, 0.15) is 0 Å². The van der Waals surface area contributed by atoms with Crippen LogP contribution in [0.2, 0.25) is 0 Å². The molecule has 0 fully saturated rings. The molecule has 4 heteroatoms. The Kier molecular flexibility index (Phi) is 2.10. The molecule has 2 rings (SSSR count). The molecule has 0 atom stereocenters. The van der Waals surface area contributed by atoms with Crippen molar-refractivity contribution in [1.29, 1.82) is 0 Å². The van der Waals surface area contributed by atoms with Crippen LogP contribution in [0, 0.1) is 0 Å². The summed E-state index contributed by atoms with van der Waals surface area (Å²) in [4.78, 5) is 18.8.